The highest BCUT2D eigenvalue weighted by Crippen LogP contribution is 2.10. The van der Waals surface area contributed by atoms with Crippen LogP contribution in [0.1, 0.15) is 45.4 Å². The maximum absolute atomic E-state index is 8.74. The van der Waals surface area contributed by atoms with Crippen molar-refractivity contribution in [2.75, 3.05) is 33.4 Å². The summed E-state index contributed by atoms with van der Waals surface area (Å²) in [5.41, 5.74) is 1.40. The van der Waals surface area contributed by atoms with Crippen LogP contribution in [0.15, 0.2) is 11.6 Å². The molecule has 0 atom stereocenters. The second kappa shape index (κ2) is 12.1. The van der Waals surface area contributed by atoms with Gasteiger partial charge in [-0.15, -0.1) is 0 Å². The molecule has 0 aromatic carbocycles. The quantitative estimate of drug-likeness (QED) is 0.432. The van der Waals surface area contributed by atoms with Gasteiger partial charge in [0.05, 0.1) is 6.61 Å². The SMILES string of the molecule is C/C(=C\CCO)CCCCCCN(C)CCO. The molecular weight excluding hydrogens is 214 g/mol. The number of hydrogen-bond donors (Lipinski definition) is 2. The summed E-state index contributed by atoms with van der Waals surface area (Å²) >= 11 is 0. The van der Waals surface area contributed by atoms with E-state index in [9.17, 15) is 0 Å². The minimum atomic E-state index is 0.255. The first-order chi connectivity index (χ1) is 8.20. The molecule has 3 nitrogen and oxygen atoms in total. The third-order valence-electron chi connectivity index (χ3n) is 2.96. The molecule has 0 aromatic heterocycles. The van der Waals surface area contributed by atoms with Crippen LogP contribution in [0.3, 0.4) is 0 Å². The molecular formula is C14H29NO2. The minimum absolute atomic E-state index is 0.255. The van der Waals surface area contributed by atoms with Gasteiger partial charge in [-0.3, -0.25) is 0 Å². The van der Waals surface area contributed by atoms with Crippen molar-refractivity contribution in [1.82, 2.24) is 4.90 Å². The number of allylic oxidation sites excluding steroid dienone is 1. The third-order valence-corrected chi connectivity index (χ3v) is 2.96. The van der Waals surface area contributed by atoms with Gasteiger partial charge in [0.1, 0.15) is 0 Å². The molecule has 0 rings (SSSR count). The molecule has 0 aliphatic carbocycles. The lowest BCUT2D eigenvalue weighted by Gasteiger charge is -2.14. The van der Waals surface area contributed by atoms with E-state index in [-0.39, 0.29) is 13.2 Å². The van der Waals surface area contributed by atoms with E-state index < -0.39 is 0 Å². The van der Waals surface area contributed by atoms with Gasteiger partial charge in [-0.1, -0.05) is 24.5 Å². The molecule has 3 heteroatoms. The average molecular weight is 243 g/mol. The van der Waals surface area contributed by atoms with Gasteiger partial charge in [0.25, 0.3) is 0 Å². The summed E-state index contributed by atoms with van der Waals surface area (Å²) in [7, 11) is 2.05. The number of likely N-dealkylation sites (N-methyl/N-ethyl adjacent to an activating group) is 1. The van der Waals surface area contributed by atoms with Gasteiger partial charge >= 0.3 is 0 Å². The fourth-order valence-corrected chi connectivity index (χ4v) is 1.83. The van der Waals surface area contributed by atoms with E-state index in [1.54, 1.807) is 0 Å². The molecule has 0 amide bonds. The van der Waals surface area contributed by atoms with Crippen molar-refractivity contribution in [3.63, 3.8) is 0 Å². The molecule has 0 aromatic rings. The fourth-order valence-electron chi connectivity index (χ4n) is 1.83. The van der Waals surface area contributed by atoms with Crippen molar-refractivity contribution in [2.24, 2.45) is 0 Å². The van der Waals surface area contributed by atoms with E-state index in [2.05, 4.69) is 24.9 Å². The standard InChI is InChI=1S/C14H29NO2/c1-14(9-7-12-16)8-5-3-4-6-10-15(2)11-13-17/h9,16-17H,3-8,10-13H2,1-2H3/b14-9+. The van der Waals surface area contributed by atoms with Crippen LogP contribution in [-0.4, -0.2) is 48.5 Å². The lowest BCUT2D eigenvalue weighted by atomic mass is 10.1. The molecule has 0 heterocycles. The molecule has 0 aliphatic rings. The molecule has 2 N–H and O–H groups in total. The van der Waals surface area contributed by atoms with Gasteiger partial charge in [-0.05, 0) is 46.2 Å². The molecule has 0 aliphatic heterocycles. The number of aliphatic hydroxyl groups excluding tert-OH is 2. The van der Waals surface area contributed by atoms with Gasteiger partial charge < -0.3 is 15.1 Å². The lowest BCUT2D eigenvalue weighted by Crippen LogP contribution is -2.23. The first-order valence-corrected chi connectivity index (χ1v) is 6.76. The normalized spacial score (nSPS) is 12.4. The van der Waals surface area contributed by atoms with E-state index in [4.69, 9.17) is 10.2 Å². The van der Waals surface area contributed by atoms with Gasteiger partial charge in [-0.2, -0.15) is 0 Å². The number of unbranched alkanes of at least 4 members (excludes halogenated alkanes) is 3. The maximum Gasteiger partial charge on any atom is 0.0558 e. The molecule has 0 bridgehead atoms. The van der Waals surface area contributed by atoms with Crippen molar-refractivity contribution >= 4 is 0 Å². The summed E-state index contributed by atoms with van der Waals surface area (Å²) < 4.78 is 0. The smallest absolute Gasteiger partial charge is 0.0558 e. The highest BCUT2D eigenvalue weighted by Gasteiger charge is 1.97. The molecule has 0 saturated carbocycles. The summed E-state index contributed by atoms with van der Waals surface area (Å²) in [6, 6.07) is 0. The monoisotopic (exact) mass is 243 g/mol. The summed E-state index contributed by atoms with van der Waals surface area (Å²) in [6.07, 6.45) is 9.09. The Labute approximate surface area is 106 Å². The van der Waals surface area contributed by atoms with E-state index in [0.717, 1.165) is 25.9 Å². The van der Waals surface area contributed by atoms with Crippen molar-refractivity contribution in [3.05, 3.63) is 11.6 Å². The van der Waals surface area contributed by atoms with Crippen molar-refractivity contribution in [3.8, 4) is 0 Å². The van der Waals surface area contributed by atoms with E-state index in [1.165, 1.54) is 31.3 Å². The Morgan fingerprint density at radius 1 is 1.00 bits per heavy atom. The zero-order valence-electron chi connectivity index (χ0n) is 11.5. The van der Waals surface area contributed by atoms with Crippen LogP contribution in [-0.2, 0) is 0 Å². The first-order valence-electron chi connectivity index (χ1n) is 6.76. The van der Waals surface area contributed by atoms with Crippen LogP contribution in [0, 0.1) is 0 Å². The second-order valence-electron chi connectivity index (χ2n) is 4.75. The summed E-state index contributed by atoms with van der Waals surface area (Å²) in [6.45, 7) is 4.52. The second-order valence-corrected chi connectivity index (χ2v) is 4.75. The molecule has 0 unspecified atom stereocenters. The third kappa shape index (κ3) is 11.9. The van der Waals surface area contributed by atoms with Crippen molar-refractivity contribution in [2.45, 2.75) is 45.4 Å². The van der Waals surface area contributed by atoms with Crippen LogP contribution in [0.4, 0.5) is 0 Å². The van der Waals surface area contributed by atoms with Crippen LogP contribution in [0.25, 0.3) is 0 Å². The van der Waals surface area contributed by atoms with Gasteiger partial charge in [-0.25, -0.2) is 0 Å². The van der Waals surface area contributed by atoms with Crippen LogP contribution >= 0.6 is 0 Å². The van der Waals surface area contributed by atoms with Crippen LogP contribution in [0.5, 0.6) is 0 Å². The average Bonchev–Trinajstić information content (AvgIpc) is 2.31. The Morgan fingerprint density at radius 2 is 1.71 bits per heavy atom. The maximum atomic E-state index is 8.74. The zero-order chi connectivity index (χ0) is 12.9. The predicted molar refractivity (Wildman–Crippen MR) is 73.1 cm³/mol. The highest BCUT2D eigenvalue weighted by atomic mass is 16.3. The molecule has 17 heavy (non-hydrogen) atoms. The molecule has 0 saturated heterocycles. The lowest BCUT2D eigenvalue weighted by molar-refractivity contribution is 0.219. The largest absolute Gasteiger partial charge is 0.396 e. The Kier molecular flexibility index (Phi) is 11.8. The Hall–Kier alpha value is -0.380. The number of nitrogens with zero attached hydrogens (tertiary/aromatic N) is 1. The first kappa shape index (κ1) is 16.6. The fraction of sp³-hybridized carbons (Fsp3) is 0.857. The van der Waals surface area contributed by atoms with Gasteiger partial charge in [0.15, 0.2) is 0 Å². The topological polar surface area (TPSA) is 43.7 Å². The highest BCUT2D eigenvalue weighted by molar-refractivity contribution is 4.97. The minimum Gasteiger partial charge on any atom is -0.396 e. The van der Waals surface area contributed by atoms with Crippen LogP contribution < -0.4 is 0 Å². The van der Waals surface area contributed by atoms with Crippen molar-refractivity contribution < 1.29 is 10.2 Å². The number of aliphatic hydroxyl groups is 2. The van der Waals surface area contributed by atoms with Crippen molar-refractivity contribution in [1.29, 1.82) is 0 Å². The Morgan fingerprint density at radius 3 is 2.35 bits per heavy atom. The van der Waals surface area contributed by atoms with Gasteiger partial charge in [0, 0.05) is 13.2 Å². The molecule has 102 valence electrons. The zero-order valence-corrected chi connectivity index (χ0v) is 11.5. The van der Waals surface area contributed by atoms with E-state index in [0.29, 0.717) is 0 Å². The molecule has 0 fully saturated rings. The van der Waals surface area contributed by atoms with Gasteiger partial charge in [0.2, 0.25) is 0 Å². The summed E-state index contributed by atoms with van der Waals surface area (Å²) in [5.74, 6) is 0. The number of hydrogen-bond acceptors (Lipinski definition) is 3. The predicted octanol–water partition coefficient (Wildman–Crippen LogP) is 2.19. The summed E-state index contributed by atoms with van der Waals surface area (Å²) in [4.78, 5) is 2.17. The van der Waals surface area contributed by atoms with Crippen LogP contribution in [0.2, 0.25) is 0 Å². The molecule has 0 radical (unpaired) electrons. The van der Waals surface area contributed by atoms with E-state index in [1.807, 2.05) is 0 Å². The van der Waals surface area contributed by atoms with E-state index >= 15 is 0 Å². The molecule has 0 spiro atoms. The Bertz CT molecular complexity index is 193. The Balaban J connectivity index is 3.28. The summed E-state index contributed by atoms with van der Waals surface area (Å²) in [5, 5.41) is 17.4. The number of rotatable bonds is 11.